The second-order valence-corrected chi connectivity index (χ2v) is 8.51. The van der Waals surface area contributed by atoms with Crippen LogP contribution >= 0.6 is 34.0 Å². The maximum absolute atomic E-state index is 2.38. The quantitative estimate of drug-likeness (QED) is 0.506. The van der Waals surface area contributed by atoms with Crippen LogP contribution in [0.3, 0.4) is 0 Å². The van der Waals surface area contributed by atoms with E-state index < -0.39 is 0 Å². The Morgan fingerprint density at radius 2 is 1.47 bits per heavy atom. The van der Waals surface area contributed by atoms with E-state index in [1.165, 1.54) is 25.1 Å². The van der Waals surface area contributed by atoms with Gasteiger partial charge in [0.05, 0.1) is 0 Å². The molecule has 0 saturated heterocycles. The Labute approximate surface area is 126 Å². The maximum Gasteiger partial charge on any atom is 0.0486 e. The Kier molecular flexibility index (Phi) is 3.37. The van der Waals surface area contributed by atoms with Crippen molar-refractivity contribution in [2.24, 2.45) is 0 Å². The molecule has 0 aliphatic rings. The van der Waals surface area contributed by atoms with Crippen LogP contribution in [0.15, 0.2) is 41.1 Å². The Morgan fingerprint density at radius 3 is 2.00 bits per heavy atom. The van der Waals surface area contributed by atoms with Crippen LogP contribution in [0.2, 0.25) is 0 Å². The highest BCUT2D eigenvalue weighted by molar-refractivity contribution is 7.26. The van der Waals surface area contributed by atoms with Crippen molar-refractivity contribution < 1.29 is 0 Å². The van der Waals surface area contributed by atoms with Crippen molar-refractivity contribution in [2.45, 2.75) is 26.2 Å². The van der Waals surface area contributed by atoms with Crippen LogP contribution < -0.4 is 0 Å². The SMILES string of the molecule is CC(C)(C)c1cc(-c2cccs2)sc1-c1cccs1. The van der Waals surface area contributed by atoms with Crippen molar-refractivity contribution in [3.05, 3.63) is 46.7 Å². The average molecular weight is 305 g/mol. The fourth-order valence-corrected chi connectivity index (χ4v) is 5.14. The van der Waals surface area contributed by atoms with Crippen LogP contribution in [0.4, 0.5) is 0 Å². The van der Waals surface area contributed by atoms with Crippen LogP contribution in [0.1, 0.15) is 26.3 Å². The number of hydrogen-bond donors (Lipinski definition) is 0. The van der Waals surface area contributed by atoms with E-state index >= 15 is 0 Å². The van der Waals surface area contributed by atoms with Gasteiger partial charge < -0.3 is 0 Å². The molecule has 0 N–H and O–H groups in total. The molecule has 0 radical (unpaired) electrons. The molecule has 0 saturated carbocycles. The molecule has 0 amide bonds. The van der Waals surface area contributed by atoms with Crippen molar-refractivity contribution >= 4 is 34.0 Å². The number of rotatable bonds is 2. The largest absolute Gasteiger partial charge is 0.143 e. The molecule has 98 valence electrons. The molecule has 0 aromatic carbocycles. The number of thiophene rings is 3. The standard InChI is InChI=1S/C16H16S3/c1-16(2,3)11-10-14(12-6-4-8-17-12)19-15(11)13-7-5-9-18-13/h4-10H,1-3H3. The van der Waals surface area contributed by atoms with Crippen LogP contribution in [0, 0.1) is 0 Å². The van der Waals surface area contributed by atoms with Gasteiger partial charge in [-0.15, -0.1) is 34.0 Å². The lowest BCUT2D eigenvalue weighted by atomic mass is 9.87. The summed E-state index contributed by atoms with van der Waals surface area (Å²) >= 11 is 5.57. The first-order valence-electron chi connectivity index (χ1n) is 6.28. The summed E-state index contributed by atoms with van der Waals surface area (Å²) in [6.07, 6.45) is 0. The molecule has 3 heteroatoms. The van der Waals surface area contributed by atoms with E-state index in [0.29, 0.717) is 0 Å². The van der Waals surface area contributed by atoms with Gasteiger partial charge in [-0.2, -0.15) is 0 Å². The summed E-state index contributed by atoms with van der Waals surface area (Å²) < 4.78 is 0. The summed E-state index contributed by atoms with van der Waals surface area (Å²) in [7, 11) is 0. The monoisotopic (exact) mass is 304 g/mol. The van der Waals surface area contributed by atoms with E-state index in [1.54, 1.807) is 0 Å². The van der Waals surface area contributed by atoms with Gasteiger partial charge in [0.25, 0.3) is 0 Å². The molecule has 0 unspecified atom stereocenters. The first-order valence-corrected chi connectivity index (χ1v) is 8.85. The highest BCUT2D eigenvalue weighted by Crippen LogP contribution is 2.45. The lowest BCUT2D eigenvalue weighted by Crippen LogP contribution is -2.10. The van der Waals surface area contributed by atoms with E-state index in [4.69, 9.17) is 0 Å². The summed E-state index contributed by atoms with van der Waals surface area (Å²) in [5, 5.41) is 4.31. The first-order chi connectivity index (χ1) is 9.05. The van der Waals surface area contributed by atoms with Gasteiger partial charge in [0, 0.05) is 19.5 Å². The molecule has 0 aliphatic heterocycles. The molecule has 3 heterocycles. The molecule has 3 aromatic heterocycles. The van der Waals surface area contributed by atoms with Gasteiger partial charge in [-0.1, -0.05) is 32.9 Å². The predicted molar refractivity (Wildman–Crippen MR) is 89.6 cm³/mol. The summed E-state index contributed by atoms with van der Waals surface area (Å²) in [6, 6.07) is 11.1. The van der Waals surface area contributed by atoms with E-state index in [-0.39, 0.29) is 5.41 Å². The Balaban J connectivity index is 2.17. The lowest BCUT2D eigenvalue weighted by Gasteiger charge is -2.18. The zero-order chi connectivity index (χ0) is 13.5. The number of hydrogen-bond acceptors (Lipinski definition) is 3. The smallest absolute Gasteiger partial charge is 0.0486 e. The van der Waals surface area contributed by atoms with Gasteiger partial charge >= 0.3 is 0 Å². The zero-order valence-corrected chi connectivity index (χ0v) is 13.7. The van der Waals surface area contributed by atoms with E-state index in [0.717, 1.165) is 0 Å². The van der Waals surface area contributed by atoms with E-state index in [1.807, 2.05) is 34.0 Å². The van der Waals surface area contributed by atoms with Gasteiger partial charge in [0.2, 0.25) is 0 Å². The summed E-state index contributed by atoms with van der Waals surface area (Å²) in [5.74, 6) is 0. The topological polar surface area (TPSA) is 0 Å². The van der Waals surface area contributed by atoms with Crippen LogP contribution in [0.25, 0.3) is 19.5 Å². The van der Waals surface area contributed by atoms with E-state index in [9.17, 15) is 0 Å². The molecular formula is C16H16S3. The fourth-order valence-electron chi connectivity index (χ4n) is 2.08. The Bertz CT molecular complexity index is 649. The summed E-state index contributed by atoms with van der Waals surface area (Å²) in [4.78, 5) is 5.59. The molecule has 0 bridgehead atoms. The third-order valence-corrected chi connectivity index (χ3v) is 6.30. The average Bonchev–Trinajstić information content (AvgIpc) is 3.09. The van der Waals surface area contributed by atoms with Crippen LogP contribution in [-0.2, 0) is 5.41 Å². The molecule has 0 atom stereocenters. The lowest BCUT2D eigenvalue weighted by molar-refractivity contribution is 0.594. The first kappa shape index (κ1) is 13.1. The van der Waals surface area contributed by atoms with Gasteiger partial charge in [-0.05, 0) is 39.9 Å². The molecule has 19 heavy (non-hydrogen) atoms. The maximum atomic E-state index is 2.38. The minimum atomic E-state index is 0.186. The molecule has 0 nitrogen and oxygen atoms in total. The van der Waals surface area contributed by atoms with E-state index in [2.05, 4.69) is 61.9 Å². The van der Waals surface area contributed by atoms with Crippen LogP contribution in [-0.4, -0.2) is 0 Å². The minimum Gasteiger partial charge on any atom is -0.143 e. The van der Waals surface area contributed by atoms with Gasteiger partial charge in [-0.25, -0.2) is 0 Å². The van der Waals surface area contributed by atoms with Crippen molar-refractivity contribution in [3.8, 4) is 19.5 Å². The third-order valence-electron chi connectivity index (χ3n) is 3.05. The predicted octanol–water partition coefficient (Wildman–Crippen LogP) is 6.50. The van der Waals surface area contributed by atoms with Crippen molar-refractivity contribution in [1.29, 1.82) is 0 Å². The highest BCUT2D eigenvalue weighted by atomic mass is 32.1. The van der Waals surface area contributed by atoms with Gasteiger partial charge in [0.1, 0.15) is 0 Å². The molecule has 0 fully saturated rings. The Morgan fingerprint density at radius 1 is 0.842 bits per heavy atom. The molecule has 3 rings (SSSR count). The molecule has 0 aliphatic carbocycles. The third kappa shape index (κ3) is 2.55. The molecular weight excluding hydrogens is 288 g/mol. The van der Waals surface area contributed by atoms with Crippen LogP contribution in [0.5, 0.6) is 0 Å². The summed E-state index contributed by atoms with van der Waals surface area (Å²) in [6.45, 7) is 6.89. The normalized spacial score (nSPS) is 11.9. The van der Waals surface area contributed by atoms with Crippen molar-refractivity contribution in [2.75, 3.05) is 0 Å². The van der Waals surface area contributed by atoms with Gasteiger partial charge in [0.15, 0.2) is 0 Å². The van der Waals surface area contributed by atoms with Gasteiger partial charge in [-0.3, -0.25) is 0 Å². The zero-order valence-electron chi connectivity index (χ0n) is 11.3. The Hall–Kier alpha value is -0.900. The summed E-state index contributed by atoms with van der Waals surface area (Å²) in [5.41, 5.74) is 1.65. The molecule has 0 spiro atoms. The highest BCUT2D eigenvalue weighted by Gasteiger charge is 2.23. The molecule has 3 aromatic rings. The minimum absolute atomic E-state index is 0.186. The second kappa shape index (κ2) is 4.89. The second-order valence-electron chi connectivity index (χ2n) is 5.56. The van der Waals surface area contributed by atoms with Crippen molar-refractivity contribution in [1.82, 2.24) is 0 Å². The fraction of sp³-hybridized carbons (Fsp3) is 0.250. The van der Waals surface area contributed by atoms with Crippen molar-refractivity contribution in [3.63, 3.8) is 0 Å².